The van der Waals surface area contributed by atoms with Crippen molar-refractivity contribution in [1.29, 1.82) is 0 Å². The Morgan fingerprint density at radius 2 is 2.35 bits per heavy atom. The summed E-state index contributed by atoms with van der Waals surface area (Å²) >= 11 is 0. The van der Waals surface area contributed by atoms with E-state index in [1.165, 1.54) is 0 Å². The predicted octanol–water partition coefficient (Wildman–Crippen LogP) is 0.903. The van der Waals surface area contributed by atoms with Crippen LogP contribution in [-0.2, 0) is 9.53 Å². The minimum atomic E-state index is -0.165. The topological polar surface area (TPSA) is 41.6 Å². The minimum Gasteiger partial charge on any atom is -0.384 e. The molecule has 1 N–H and O–H groups in total. The molecule has 17 heavy (non-hydrogen) atoms. The van der Waals surface area contributed by atoms with Gasteiger partial charge in [-0.1, -0.05) is 0 Å². The van der Waals surface area contributed by atoms with Gasteiger partial charge >= 0.3 is 0 Å². The number of rotatable bonds is 3. The zero-order chi connectivity index (χ0) is 11.6. The summed E-state index contributed by atoms with van der Waals surface area (Å²) in [5.74, 6) is 0.864. The summed E-state index contributed by atoms with van der Waals surface area (Å²) in [6.07, 6.45) is 2.06. The first-order chi connectivity index (χ1) is 7.65. The Kier molecular flexibility index (Phi) is 5.22. The molecule has 1 amide bonds. The van der Waals surface area contributed by atoms with Crippen LogP contribution in [0.4, 0.5) is 0 Å². The maximum Gasteiger partial charge on any atom is 0.229 e. The molecule has 2 aliphatic heterocycles. The number of carbonyl (C=O) groups is 1. The molecule has 0 radical (unpaired) electrons. The fourth-order valence-electron chi connectivity index (χ4n) is 2.77. The van der Waals surface area contributed by atoms with E-state index in [0.29, 0.717) is 11.8 Å². The number of ether oxygens (including phenoxy) is 1. The first-order valence-electron chi connectivity index (χ1n) is 6.15. The quantitative estimate of drug-likeness (QED) is 0.822. The highest BCUT2D eigenvalue weighted by molar-refractivity contribution is 5.85. The molecule has 2 fully saturated rings. The van der Waals surface area contributed by atoms with E-state index >= 15 is 0 Å². The van der Waals surface area contributed by atoms with Crippen LogP contribution in [0, 0.1) is 11.3 Å². The van der Waals surface area contributed by atoms with Crippen molar-refractivity contribution in [2.24, 2.45) is 11.3 Å². The number of hydrogen-bond acceptors (Lipinski definition) is 3. The Hall–Kier alpha value is -0.320. The van der Waals surface area contributed by atoms with Gasteiger partial charge in [0, 0.05) is 32.7 Å². The summed E-state index contributed by atoms with van der Waals surface area (Å²) in [6.45, 7) is 6.44. The lowest BCUT2D eigenvalue weighted by Gasteiger charge is -2.28. The second-order valence-electron chi connectivity index (χ2n) is 5.35. The predicted molar refractivity (Wildman–Crippen MR) is 69.4 cm³/mol. The zero-order valence-corrected chi connectivity index (χ0v) is 11.5. The monoisotopic (exact) mass is 262 g/mol. The molecule has 2 saturated heterocycles. The molecule has 0 bridgehead atoms. The highest BCUT2D eigenvalue weighted by Crippen LogP contribution is 2.29. The van der Waals surface area contributed by atoms with Gasteiger partial charge in [0.05, 0.1) is 12.0 Å². The van der Waals surface area contributed by atoms with Gasteiger partial charge < -0.3 is 15.0 Å². The number of nitrogens with zero attached hydrogens (tertiary/aromatic N) is 1. The molecule has 2 unspecified atom stereocenters. The van der Waals surface area contributed by atoms with Gasteiger partial charge in [0.15, 0.2) is 0 Å². The molecule has 2 rings (SSSR count). The van der Waals surface area contributed by atoms with Crippen molar-refractivity contribution in [1.82, 2.24) is 10.2 Å². The van der Waals surface area contributed by atoms with Crippen LogP contribution in [0.3, 0.4) is 0 Å². The Labute approximate surface area is 109 Å². The highest BCUT2D eigenvalue weighted by Gasteiger charge is 2.41. The van der Waals surface area contributed by atoms with Gasteiger partial charge in [-0.05, 0) is 26.3 Å². The molecule has 0 saturated carbocycles. The molecule has 0 aromatic rings. The molecule has 2 aliphatic rings. The fraction of sp³-hybridized carbons (Fsp3) is 0.917. The summed E-state index contributed by atoms with van der Waals surface area (Å²) < 4.78 is 5.15. The minimum absolute atomic E-state index is 0. The van der Waals surface area contributed by atoms with Crippen LogP contribution >= 0.6 is 12.4 Å². The summed E-state index contributed by atoms with van der Waals surface area (Å²) in [5, 5.41) is 3.28. The van der Waals surface area contributed by atoms with Gasteiger partial charge in [-0.3, -0.25) is 4.79 Å². The van der Waals surface area contributed by atoms with Gasteiger partial charge in [-0.15, -0.1) is 12.4 Å². The number of carbonyl (C=O) groups excluding carboxylic acids is 1. The molecule has 0 aliphatic carbocycles. The molecule has 2 heterocycles. The van der Waals surface area contributed by atoms with E-state index in [1.54, 1.807) is 7.11 Å². The summed E-state index contributed by atoms with van der Waals surface area (Å²) in [7, 11) is 1.73. The molecule has 2 atom stereocenters. The van der Waals surface area contributed by atoms with Crippen molar-refractivity contribution in [3.05, 3.63) is 0 Å². The highest BCUT2D eigenvalue weighted by atomic mass is 35.5. The Bertz CT molecular complexity index is 267. The molecule has 0 aromatic heterocycles. The largest absolute Gasteiger partial charge is 0.384 e. The fourth-order valence-corrected chi connectivity index (χ4v) is 2.77. The van der Waals surface area contributed by atoms with E-state index in [0.717, 1.165) is 45.6 Å². The molecule has 0 spiro atoms. The van der Waals surface area contributed by atoms with Crippen LogP contribution in [0.25, 0.3) is 0 Å². The maximum atomic E-state index is 12.4. The molecule has 4 nitrogen and oxygen atoms in total. The van der Waals surface area contributed by atoms with Crippen molar-refractivity contribution in [3.8, 4) is 0 Å². The molecule has 100 valence electrons. The number of halogens is 1. The van der Waals surface area contributed by atoms with E-state index in [-0.39, 0.29) is 17.8 Å². The normalized spacial score (nSPS) is 32.6. The number of methoxy groups -OCH3 is 1. The van der Waals surface area contributed by atoms with Crippen molar-refractivity contribution < 1.29 is 9.53 Å². The number of hydrogen-bond donors (Lipinski definition) is 1. The average Bonchev–Trinajstić information content (AvgIpc) is 2.88. The van der Waals surface area contributed by atoms with Crippen LogP contribution in [0.15, 0.2) is 0 Å². The van der Waals surface area contributed by atoms with E-state index in [9.17, 15) is 4.79 Å². The first-order valence-corrected chi connectivity index (χ1v) is 6.15. The van der Waals surface area contributed by atoms with Crippen molar-refractivity contribution in [2.75, 3.05) is 39.9 Å². The second-order valence-corrected chi connectivity index (χ2v) is 5.35. The van der Waals surface area contributed by atoms with E-state index in [2.05, 4.69) is 12.2 Å². The Balaban J connectivity index is 0.00000144. The molecule has 5 heteroatoms. The summed E-state index contributed by atoms with van der Waals surface area (Å²) in [6, 6.07) is 0. The Morgan fingerprint density at radius 1 is 1.59 bits per heavy atom. The Morgan fingerprint density at radius 3 is 2.94 bits per heavy atom. The lowest BCUT2D eigenvalue weighted by atomic mass is 9.88. The standard InChI is InChI=1S/C12H22N2O2.ClH/c1-12(4-5-13-9-12)11(15)14-6-3-10(7-14)8-16-2;/h10,13H,3-9H2,1-2H3;1H. The summed E-state index contributed by atoms with van der Waals surface area (Å²) in [4.78, 5) is 14.4. The van der Waals surface area contributed by atoms with Gasteiger partial charge in [0.1, 0.15) is 0 Å². The smallest absolute Gasteiger partial charge is 0.229 e. The summed E-state index contributed by atoms with van der Waals surface area (Å²) in [5.41, 5.74) is -0.165. The number of likely N-dealkylation sites (tertiary alicyclic amines) is 1. The maximum absolute atomic E-state index is 12.4. The SMILES string of the molecule is COCC1CCN(C(=O)C2(C)CCNC2)C1.Cl. The van der Waals surface area contributed by atoms with Crippen LogP contribution in [0.1, 0.15) is 19.8 Å². The third-order valence-corrected chi connectivity index (χ3v) is 3.86. The van der Waals surface area contributed by atoms with Gasteiger partial charge in [-0.25, -0.2) is 0 Å². The first kappa shape index (κ1) is 14.7. The van der Waals surface area contributed by atoms with Gasteiger partial charge in [0.2, 0.25) is 5.91 Å². The van der Waals surface area contributed by atoms with Gasteiger partial charge in [-0.2, -0.15) is 0 Å². The van der Waals surface area contributed by atoms with Crippen LogP contribution in [0.5, 0.6) is 0 Å². The van der Waals surface area contributed by atoms with Crippen LogP contribution in [0.2, 0.25) is 0 Å². The van der Waals surface area contributed by atoms with Crippen LogP contribution in [-0.4, -0.2) is 50.7 Å². The molecular weight excluding hydrogens is 240 g/mol. The number of amides is 1. The van der Waals surface area contributed by atoms with Crippen molar-refractivity contribution in [3.63, 3.8) is 0 Å². The van der Waals surface area contributed by atoms with E-state index < -0.39 is 0 Å². The molecular formula is C12H23ClN2O2. The lowest BCUT2D eigenvalue weighted by Crippen LogP contribution is -2.42. The van der Waals surface area contributed by atoms with Crippen LogP contribution < -0.4 is 5.32 Å². The zero-order valence-electron chi connectivity index (χ0n) is 10.7. The van der Waals surface area contributed by atoms with E-state index in [4.69, 9.17) is 4.74 Å². The second kappa shape index (κ2) is 6.03. The van der Waals surface area contributed by atoms with Gasteiger partial charge in [0.25, 0.3) is 0 Å². The third kappa shape index (κ3) is 3.12. The molecule has 0 aromatic carbocycles. The number of nitrogens with one attached hydrogen (secondary N) is 1. The van der Waals surface area contributed by atoms with Crippen molar-refractivity contribution >= 4 is 18.3 Å². The average molecular weight is 263 g/mol. The third-order valence-electron chi connectivity index (χ3n) is 3.86. The lowest BCUT2D eigenvalue weighted by molar-refractivity contribution is -0.139. The van der Waals surface area contributed by atoms with Crippen molar-refractivity contribution in [2.45, 2.75) is 19.8 Å². The van der Waals surface area contributed by atoms with E-state index in [1.807, 2.05) is 4.90 Å².